The van der Waals surface area contributed by atoms with E-state index in [1.165, 1.54) is 22.7 Å². The summed E-state index contributed by atoms with van der Waals surface area (Å²) in [6, 6.07) is 18.6. The van der Waals surface area contributed by atoms with E-state index < -0.39 is 0 Å². The van der Waals surface area contributed by atoms with Crippen molar-refractivity contribution in [2.24, 2.45) is 0 Å². The highest BCUT2D eigenvalue weighted by atomic mass is 32.1. The standard InChI is InChI=1S/C23H26N4OS/c1-28-21-11-5-9-20(17-21)18-22-24-23(29-25-22)27-15-13-26(14-16-27)12-6-10-19-7-3-2-4-8-19/h2-11,17H,12-16,18H2,1H3. The van der Waals surface area contributed by atoms with E-state index in [1.807, 2.05) is 24.3 Å². The van der Waals surface area contributed by atoms with Crippen LogP contribution in [0.25, 0.3) is 6.08 Å². The van der Waals surface area contributed by atoms with E-state index in [4.69, 9.17) is 9.72 Å². The average Bonchev–Trinajstić information content (AvgIpc) is 3.23. The van der Waals surface area contributed by atoms with Crippen LogP contribution in [0.4, 0.5) is 5.13 Å². The first-order valence-electron chi connectivity index (χ1n) is 9.94. The molecule has 1 aliphatic rings. The molecule has 4 rings (SSSR count). The van der Waals surface area contributed by atoms with Crippen LogP contribution in [0, 0.1) is 0 Å². The van der Waals surface area contributed by atoms with Gasteiger partial charge in [-0.15, -0.1) is 0 Å². The SMILES string of the molecule is COc1cccc(Cc2nsc(N3CCN(CC=Cc4ccccc4)CC3)n2)c1. The fraction of sp³-hybridized carbons (Fsp3) is 0.304. The summed E-state index contributed by atoms with van der Waals surface area (Å²) in [4.78, 5) is 9.60. The number of aromatic nitrogens is 2. The molecule has 0 unspecified atom stereocenters. The van der Waals surface area contributed by atoms with Gasteiger partial charge in [-0.05, 0) is 23.3 Å². The number of rotatable bonds is 7. The van der Waals surface area contributed by atoms with Gasteiger partial charge in [0.2, 0.25) is 5.13 Å². The van der Waals surface area contributed by atoms with Crippen LogP contribution in [-0.4, -0.2) is 54.1 Å². The van der Waals surface area contributed by atoms with E-state index in [0.717, 1.165) is 55.9 Å². The summed E-state index contributed by atoms with van der Waals surface area (Å²) >= 11 is 1.50. The highest BCUT2D eigenvalue weighted by Gasteiger charge is 2.19. The Bertz CT molecular complexity index is 933. The minimum atomic E-state index is 0.734. The summed E-state index contributed by atoms with van der Waals surface area (Å²) < 4.78 is 9.87. The van der Waals surface area contributed by atoms with E-state index >= 15 is 0 Å². The average molecular weight is 407 g/mol. The first kappa shape index (κ1) is 19.6. The highest BCUT2D eigenvalue weighted by molar-refractivity contribution is 7.09. The lowest BCUT2D eigenvalue weighted by Gasteiger charge is -2.33. The zero-order valence-electron chi connectivity index (χ0n) is 16.7. The van der Waals surface area contributed by atoms with Crippen molar-refractivity contribution in [1.82, 2.24) is 14.3 Å². The van der Waals surface area contributed by atoms with E-state index in [1.54, 1.807) is 7.11 Å². The molecule has 5 nitrogen and oxygen atoms in total. The largest absolute Gasteiger partial charge is 0.497 e. The summed E-state index contributed by atoms with van der Waals surface area (Å²) in [5, 5.41) is 1.03. The van der Waals surface area contributed by atoms with Gasteiger partial charge >= 0.3 is 0 Å². The van der Waals surface area contributed by atoms with Crippen molar-refractivity contribution in [2.45, 2.75) is 6.42 Å². The van der Waals surface area contributed by atoms with Crippen LogP contribution in [0.2, 0.25) is 0 Å². The fourth-order valence-electron chi connectivity index (χ4n) is 3.43. The molecule has 3 aromatic rings. The van der Waals surface area contributed by atoms with Gasteiger partial charge in [-0.2, -0.15) is 4.37 Å². The van der Waals surface area contributed by atoms with Crippen molar-refractivity contribution >= 4 is 22.7 Å². The third-order valence-electron chi connectivity index (χ3n) is 5.07. The Hall–Kier alpha value is -2.70. The molecular weight excluding hydrogens is 380 g/mol. The number of benzene rings is 2. The Morgan fingerprint density at radius 1 is 1.03 bits per heavy atom. The lowest BCUT2D eigenvalue weighted by atomic mass is 10.1. The monoisotopic (exact) mass is 406 g/mol. The molecule has 0 aliphatic carbocycles. The van der Waals surface area contributed by atoms with Crippen LogP contribution >= 0.6 is 11.5 Å². The van der Waals surface area contributed by atoms with E-state index in [0.29, 0.717) is 0 Å². The Morgan fingerprint density at radius 3 is 2.66 bits per heavy atom. The highest BCUT2D eigenvalue weighted by Crippen LogP contribution is 2.21. The lowest BCUT2D eigenvalue weighted by molar-refractivity contribution is 0.284. The second-order valence-corrected chi connectivity index (χ2v) is 7.85. The molecule has 0 radical (unpaired) electrons. The van der Waals surface area contributed by atoms with Crippen LogP contribution in [0.5, 0.6) is 5.75 Å². The van der Waals surface area contributed by atoms with Crippen molar-refractivity contribution in [2.75, 3.05) is 44.7 Å². The first-order valence-corrected chi connectivity index (χ1v) is 10.7. The summed E-state index contributed by atoms with van der Waals surface area (Å²) in [6.07, 6.45) is 5.18. The summed E-state index contributed by atoms with van der Waals surface area (Å²) in [6.45, 7) is 5.06. The Kier molecular flexibility index (Phi) is 6.54. The minimum absolute atomic E-state index is 0.734. The maximum Gasteiger partial charge on any atom is 0.205 e. The van der Waals surface area contributed by atoms with Gasteiger partial charge < -0.3 is 9.64 Å². The van der Waals surface area contributed by atoms with Gasteiger partial charge in [-0.25, -0.2) is 4.98 Å². The molecular formula is C23H26N4OS. The van der Waals surface area contributed by atoms with Gasteiger partial charge in [0.25, 0.3) is 0 Å². The van der Waals surface area contributed by atoms with Crippen molar-refractivity contribution in [3.63, 3.8) is 0 Å². The van der Waals surface area contributed by atoms with Crippen molar-refractivity contribution in [3.8, 4) is 5.75 Å². The van der Waals surface area contributed by atoms with Gasteiger partial charge in [0.1, 0.15) is 11.6 Å². The zero-order chi connectivity index (χ0) is 19.9. The number of ether oxygens (including phenoxy) is 1. The van der Waals surface area contributed by atoms with E-state index in [2.05, 4.69) is 56.7 Å². The maximum absolute atomic E-state index is 5.30. The first-order chi connectivity index (χ1) is 14.3. The smallest absolute Gasteiger partial charge is 0.205 e. The second-order valence-electron chi connectivity index (χ2n) is 7.12. The Labute approximate surface area is 176 Å². The van der Waals surface area contributed by atoms with Gasteiger partial charge in [-0.3, -0.25) is 4.90 Å². The van der Waals surface area contributed by atoms with Crippen LogP contribution in [0.15, 0.2) is 60.7 Å². The third-order valence-corrected chi connectivity index (χ3v) is 5.88. The van der Waals surface area contributed by atoms with E-state index in [9.17, 15) is 0 Å². The van der Waals surface area contributed by atoms with Crippen LogP contribution in [0.3, 0.4) is 0 Å². The number of piperazine rings is 1. The number of methoxy groups -OCH3 is 1. The molecule has 1 aromatic heterocycles. The van der Waals surface area contributed by atoms with Crippen molar-refractivity contribution in [3.05, 3.63) is 77.6 Å². The van der Waals surface area contributed by atoms with Gasteiger partial charge in [0.15, 0.2) is 0 Å². The molecule has 0 amide bonds. The Morgan fingerprint density at radius 2 is 1.86 bits per heavy atom. The van der Waals surface area contributed by atoms with Gasteiger partial charge in [-0.1, -0.05) is 54.6 Å². The number of anilines is 1. The van der Waals surface area contributed by atoms with E-state index in [-0.39, 0.29) is 0 Å². The lowest BCUT2D eigenvalue weighted by Crippen LogP contribution is -2.46. The molecule has 6 heteroatoms. The Balaban J connectivity index is 1.27. The van der Waals surface area contributed by atoms with Crippen molar-refractivity contribution < 1.29 is 4.74 Å². The normalized spacial score (nSPS) is 15.1. The number of nitrogens with zero attached hydrogens (tertiary/aromatic N) is 4. The van der Waals surface area contributed by atoms with Crippen LogP contribution in [-0.2, 0) is 6.42 Å². The summed E-state index contributed by atoms with van der Waals surface area (Å²) in [5.41, 5.74) is 2.42. The molecule has 2 aromatic carbocycles. The predicted octanol–water partition coefficient (Wildman–Crippen LogP) is 3.97. The molecule has 29 heavy (non-hydrogen) atoms. The van der Waals surface area contributed by atoms with Gasteiger partial charge in [0, 0.05) is 50.7 Å². The maximum atomic E-state index is 5.30. The molecule has 150 valence electrons. The van der Waals surface area contributed by atoms with Crippen molar-refractivity contribution in [1.29, 1.82) is 0 Å². The molecule has 0 N–H and O–H groups in total. The molecule has 2 heterocycles. The molecule has 0 saturated carbocycles. The second kappa shape index (κ2) is 9.67. The summed E-state index contributed by atoms with van der Waals surface area (Å²) in [5.74, 6) is 1.75. The minimum Gasteiger partial charge on any atom is -0.497 e. The number of hydrogen-bond acceptors (Lipinski definition) is 6. The fourth-order valence-corrected chi connectivity index (χ4v) is 4.17. The number of hydrogen-bond donors (Lipinski definition) is 0. The van der Waals surface area contributed by atoms with Crippen LogP contribution in [0.1, 0.15) is 17.0 Å². The quantitative estimate of drug-likeness (QED) is 0.594. The molecule has 0 bridgehead atoms. The topological polar surface area (TPSA) is 41.5 Å². The van der Waals surface area contributed by atoms with Crippen LogP contribution < -0.4 is 9.64 Å². The van der Waals surface area contributed by atoms with Gasteiger partial charge in [0.05, 0.1) is 7.11 Å². The molecule has 0 atom stereocenters. The molecule has 1 fully saturated rings. The molecule has 1 aliphatic heterocycles. The molecule has 0 spiro atoms. The third kappa shape index (κ3) is 5.43. The zero-order valence-corrected chi connectivity index (χ0v) is 17.5. The predicted molar refractivity (Wildman–Crippen MR) is 120 cm³/mol. The molecule has 1 saturated heterocycles. The summed E-state index contributed by atoms with van der Waals surface area (Å²) in [7, 11) is 1.69.